The third-order valence-electron chi connectivity index (χ3n) is 8.55. The van der Waals surface area contributed by atoms with Gasteiger partial charge in [0.25, 0.3) is 11.8 Å². The first-order valence-corrected chi connectivity index (χ1v) is 15.4. The van der Waals surface area contributed by atoms with E-state index in [0.29, 0.717) is 35.5 Å². The van der Waals surface area contributed by atoms with Crippen molar-refractivity contribution in [2.75, 3.05) is 23.3 Å². The fraction of sp³-hybridized carbons (Fsp3) is 0.257. The number of aromatic nitrogens is 2. The van der Waals surface area contributed by atoms with E-state index in [9.17, 15) is 19.3 Å². The van der Waals surface area contributed by atoms with E-state index in [1.54, 1.807) is 23.2 Å². The minimum absolute atomic E-state index is 0.00283. The number of nitroso groups, excluding NO2 is 1. The number of carbonyl (C=O) groups is 3. The third kappa shape index (κ3) is 7.06. The number of nitrogens with one attached hydrogen (secondary N) is 3. The highest BCUT2D eigenvalue weighted by Gasteiger charge is 2.31. The Kier molecular flexibility index (Phi) is 9.09. The number of nitrogens with zero attached hydrogens (tertiary/aromatic N) is 5. The molecule has 12 heteroatoms. The second kappa shape index (κ2) is 13.7. The van der Waals surface area contributed by atoms with Crippen LogP contribution in [0.4, 0.5) is 11.4 Å². The Hall–Kier alpha value is -5.78. The molecule has 6 rings (SSSR count). The molecule has 0 radical (unpaired) electrons. The monoisotopic (exact) mass is 630 g/mol. The van der Waals surface area contributed by atoms with Gasteiger partial charge in [0.05, 0.1) is 35.4 Å². The zero-order valence-corrected chi connectivity index (χ0v) is 25.8. The maximum Gasteiger partial charge on any atom is 0.286 e. The van der Waals surface area contributed by atoms with Gasteiger partial charge in [0.1, 0.15) is 0 Å². The number of benzene rings is 3. The molecule has 3 aromatic carbocycles. The van der Waals surface area contributed by atoms with Crippen molar-refractivity contribution in [1.82, 2.24) is 20.2 Å². The molecular weight excluding hydrogens is 596 g/mol. The van der Waals surface area contributed by atoms with Crippen molar-refractivity contribution in [1.29, 1.82) is 5.41 Å². The predicted molar refractivity (Wildman–Crippen MR) is 180 cm³/mol. The summed E-state index contributed by atoms with van der Waals surface area (Å²) in [5.41, 5.74) is 6.84. The number of hydrogen-bond acceptors (Lipinski definition) is 9. The topological polar surface area (TPSA) is 161 Å². The smallest absolute Gasteiger partial charge is 0.286 e. The summed E-state index contributed by atoms with van der Waals surface area (Å²) >= 11 is 0. The Balaban J connectivity index is 0.975. The van der Waals surface area contributed by atoms with Gasteiger partial charge in [-0.25, -0.2) is 4.98 Å². The van der Waals surface area contributed by atoms with Crippen LogP contribution < -0.4 is 15.5 Å². The van der Waals surface area contributed by atoms with Gasteiger partial charge >= 0.3 is 0 Å². The molecule has 0 spiro atoms. The Morgan fingerprint density at radius 2 is 1.85 bits per heavy atom. The summed E-state index contributed by atoms with van der Waals surface area (Å²) in [4.78, 5) is 60.3. The molecule has 0 bridgehead atoms. The summed E-state index contributed by atoms with van der Waals surface area (Å²) in [6.45, 7) is 3.81. The molecule has 4 aromatic rings. The lowest BCUT2D eigenvalue weighted by Gasteiger charge is -2.41. The summed E-state index contributed by atoms with van der Waals surface area (Å²) < 4.78 is 0. The summed E-state index contributed by atoms with van der Waals surface area (Å²) in [6.07, 6.45) is 5.34. The zero-order valence-electron chi connectivity index (χ0n) is 25.8. The minimum atomic E-state index is -0.723. The van der Waals surface area contributed by atoms with Crippen LogP contribution >= 0.6 is 0 Å². The lowest BCUT2D eigenvalue weighted by atomic mass is 10.1. The normalized spacial score (nSPS) is 15.2. The van der Waals surface area contributed by atoms with E-state index < -0.39 is 5.91 Å². The molecule has 1 aromatic heterocycles. The fourth-order valence-electron chi connectivity index (χ4n) is 5.81. The van der Waals surface area contributed by atoms with Crippen molar-refractivity contribution in [3.63, 3.8) is 0 Å². The Morgan fingerprint density at radius 1 is 1.09 bits per heavy atom. The van der Waals surface area contributed by atoms with Gasteiger partial charge in [0.15, 0.2) is 0 Å². The molecular formula is C35H34N8O4. The number of allylic oxidation sites excluding steroid dienone is 1. The standard InChI is InChI=1S/C35H34N8O4/c1-22(6-13-33(44)41-47)43-19-24-15-26(9-12-29(24)35(43)46)39-34(45)14-23-7-10-28(11-8-23)42-20-27(21-42)37-17-25(16-36)32-18-38-30-4-2-3-5-31(30)40-32/h2-5,7-12,15-18,22,27,36-37H,6,13-14,19-21H2,1H3,(H,39,45)/b25-17+,36-16?. The van der Waals surface area contributed by atoms with Crippen LogP contribution in [0.1, 0.15) is 46.9 Å². The molecule has 3 N–H and O–H groups in total. The number of rotatable bonds is 12. The average molecular weight is 631 g/mol. The van der Waals surface area contributed by atoms with Crippen molar-refractivity contribution in [3.8, 4) is 0 Å². The number of hydrogen-bond donors (Lipinski definition) is 3. The summed E-state index contributed by atoms with van der Waals surface area (Å²) in [5, 5.41) is 16.6. The second-order valence-electron chi connectivity index (χ2n) is 11.8. The van der Waals surface area contributed by atoms with E-state index in [4.69, 9.17) is 5.41 Å². The lowest BCUT2D eigenvalue weighted by Crippen LogP contribution is -2.56. The van der Waals surface area contributed by atoms with E-state index in [1.165, 1.54) is 6.21 Å². The van der Waals surface area contributed by atoms with Crippen molar-refractivity contribution in [2.24, 2.45) is 5.18 Å². The molecule has 0 saturated carbocycles. The maximum atomic E-state index is 12.9. The minimum Gasteiger partial charge on any atom is -0.384 e. The number of para-hydroxylation sites is 2. The fourth-order valence-corrected chi connectivity index (χ4v) is 5.81. The Bertz CT molecular complexity index is 1880. The van der Waals surface area contributed by atoms with Crippen molar-refractivity contribution < 1.29 is 14.4 Å². The average Bonchev–Trinajstić information content (AvgIpc) is 3.40. The van der Waals surface area contributed by atoms with Gasteiger partial charge in [-0.15, -0.1) is 4.91 Å². The van der Waals surface area contributed by atoms with Crippen LogP contribution in [-0.2, 0) is 22.6 Å². The first-order chi connectivity index (χ1) is 22.8. The third-order valence-corrected chi connectivity index (χ3v) is 8.55. The number of amides is 3. The highest BCUT2D eigenvalue weighted by molar-refractivity contribution is 6.07. The molecule has 1 fully saturated rings. The Labute approximate surface area is 271 Å². The highest BCUT2D eigenvalue weighted by atomic mass is 16.3. The van der Waals surface area contributed by atoms with E-state index >= 15 is 0 Å². The van der Waals surface area contributed by atoms with Crippen LogP contribution in [0, 0.1) is 10.3 Å². The quantitative estimate of drug-likeness (QED) is 0.150. The summed E-state index contributed by atoms with van der Waals surface area (Å²) in [5.74, 6) is -1.02. The van der Waals surface area contributed by atoms with E-state index in [2.05, 4.69) is 30.7 Å². The highest BCUT2D eigenvalue weighted by Crippen LogP contribution is 2.29. The molecule has 2 aliphatic heterocycles. The number of fused-ring (bicyclic) bond motifs is 2. The molecule has 12 nitrogen and oxygen atoms in total. The van der Waals surface area contributed by atoms with Crippen LogP contribution in [0.5, 0.6) is 0 Å². The SMILES string of the molecule is CC(CCC(=O)N=O)N1Cc2cc(NC(=O)Cc3ccc(N4CC(N/C=C(\C=N)c5cnc6ccccc6n5)C4)cc3)ccc2C1=O. The molecule has 0 aliphatic carbocycles. The van der Waals surface area contributed by atoms with Gasteiger partial charge in [-0.05, 0) is 66.9 Å². The second-order valence-corrected chi connectivity index (χ2v) is 11.8. The zero-order chi connectivity index (χ0) is 32.9. The molecule has 1 atom stereocenters. The van der Waals surface area contributed by atoms with E-state index in [-0.39, 0.29) is 36.7 Å². The van der Waals surface area contributed by atoms with Gasteiger partial charge in [-0.3, -0.25) is 19.4 Å². The predicted octanol–water partition coefficient (Wildman–Crippen LogP) is 4.70. The lowest BCUT2D eigenvalue weighted by molar-refractivity contribution is -0.118. The van der Waals surface area contributed by atoms with Gasteiger partial charge in [0.2, 0.25) is 5.91 Å². The first kappa shape index (κ1) is 31.2. The number of carbonyl (C=O) groups excluding carboxylic acids is 3. The molecule has 2 aliphatic rings. The van der Waals surface area contributed by atoms with Crippen molar-refractivity contribution >= 4 is 51.9 Å². The van der Waals surface area contributed by atoms with E-state index in [0.717, 1.165) is 40.9 Å². The Morgan fingerprint density at radius 3 is 2.60 bits per heavy atom. The van der Waals surface area contributed by atoms with Gasteiger partial charge in [-0.2, -0.15) is 0 Å². The van der Waals surface area contributed by atoms with E-state index in [1.807, 2.05) is 67.7 Å². The number of anilines is 2. The van der Waals surface area contributed by atoms with Crippen molar-refractivity contribution in [3.05, 3.63) is 106 Å². The van der Waals surface area contributed by atoms with Crippen LogP contribution in [-0.4, -0.2) is 64.0 Å². The molecule has 3 amide bonds. The largest absolute Gasteiger partial charge is 0.384 e. The maximum absolute atomic E-state index is 12.9. The molecule has 238 valence electrons. The molecule has 1 saturated heterocycles. The van der Waals surface area contributed by atoms with Gasteiger partial charge < -0.3 is 25.8 Å². The first-order valence-electron chi connectivity index (χ1n) is 15.4. The van der Waals surface area contributed by atoms with Gasteiger partial charge in [0, 0.05) is 72.2 Å². The summed E-state index contributed by atoms with van der Waals surface area (Å²) in [7, 11) is 0. The summed E-state index contributed by atoms with van der Waals surface area (Å²) in [6, 6.07) is 20.8. The van der Waals surface area contributed by atoms with Crippen LogP contribution in [0.15, 0.2) is 84.3 Å². The molecule has 47 heavy (non-hydrogen) atoms. The van der Waals surface area contributed by atoms with Crippen LogP contribution in [0.2, 0.25) is 0 Å². The van der Waals surface area contributed by atoms with Crippen LogP contribution in [0.25, 0.3) is 16.6 Å². The van der Waals surface area contributed by atoms with Crippen LogP contribution in [0.3, 0.4) is 0 Å². The van der Waals surface area contributed by atoms with Crippen molar-refractivity contribution in [2.45, 2.75) is 44.8 Å². The molecule has 1 unspecified atom stereocenters. The van der Waals surface area contributed by atoms with Gasteiger partial charge in [-0.1, -0.05) is 24.3 Å². The molecule has 3 heterocycles.